The molecule has 0 aromatic heterocycles. The molecule has 194 valence electrons. The van der Waals surface area contributed by atoms with Crippen LogP contribution in [-0.2, 0) is 19.1 Å². The summed E-state index contributed by atoms with van der Waals surface area (Å²) < 4.78 is 11.6. The van der Waals surface area contributed by atoms with Crippen LogP contribution in [0.1, 0.15) is 66.7 Å². The van der Waals surface area contributed by atoms with Crippen LogP contribution in [0.4, 0.5) is 0 Å². The highest BCUT2D eigenvalue weighted by Gasteiger charge is 2.64. The van der Waals surface area contributed by atoms with Gasteiger partial charge in [-0.3, -0.25) is 0 Å². The van der Waals surface area contributed by atoms with Crippen molar-refractivity contribution >= 4 is 11.9 Å². The van der Waals surface area contributed by atoms with Gasteiger partial charge in [0.25, 0.3) is 0 Å². The predicted octanol–water partition coefficient (Wildman–Crippen LogP) is 4.18. The van der Waals surface area contributed by atoms with E-state index in [-0.39, 0.29) is 53.0 Å². The van der Waals surface area contributed by atoms with Crippen molar-refractivity contribution in [2.45, 2.75) is 90.1 Å². The molecule has 0 amide bonds. The number of aliphatic hydroxyl groups is 2. The Bertz CT molecular complexity index is 1160. The minimum Gasteiger partial charge on any atom is -0.458 e. The van der Waals surface area contributed by atoms with E-state index in [0.29, 0.717) is 18.4 Å². The van der Waals surface area contributed by atoms with E-state index >= 15 is 0 Å². The second-order valence-electron chi connectivity index (χ2n) is 13.0. The fourth-order valence-electron chi connectivity index (χ4n) is 9.06. The highest BCUT2D eigenvalue weighted by atomic mass is 16.6. The molecule has 2 N–H and O–H groups in total. The summed E-state index contributed by atoms with van der Waals surface area (Å²) in [5, 5.41) is 23.8. The van der Waals surface area contributed by atoms with Crippen molar-refractivity contribution in [1.82, 2.24) is 0 Å². The summed E-state index contributed by atoms with van der Waals surface area (Å²) in [6.45, 7) is 10.1. The number of rotatable bonds is 0. The average Bonchev–Trinajstić information content (AvgIpc) is 2.86. The number of cyclic esters (lactones) is 1. The Labute approximate surface area is 213 Å². The van der Waals surface area contributed by atoms with Gasteiger partial charge in [0, 0.05) is 29.4 Å². The molecular formula is C30H38O6. The van der Waals surface area contributed by atoms with E-state index in [9.17, 15) is 19.8 Å². The van der Waals surface area contributed by atoms with Crippen LogP contribution in [-0.4, -0.2) is 45.6 Å². The van der Waals surface area contributed by atoms with E-state index in [4.69, 9.17) is 9.47 Å². The lowest BCUT2D eigenvalue weighted by Crippen LogP contribution is -2.49. The summed E-state index contributed by atoms with van der Waals surface area (Å²) in [6.07, 6.45) is 10.1. The van der Waals surface area contributed by atoms with Crippen LogP contribution in [0, 0.1) is 35.0 Å². The van der Waals surface area contributed by atoms with Crippen molar-refractivity contribution in [2.75, 3.05) is 0 Å². The lowest BCUT2D eigenvalue weighted by atomic mass is 9.56. The molecule has 9 atom stereocenters. The van der Waals surface area contributed by atoms with Crippen molar-refractivity contribution in [3.05, 3.63) is 46.6 Å². The highest BCUT2D eigenvalue weighted by molar-refractivity contribution is 5.89. The molecule has 6 rings (SSSR count). The van der Waals surface area contributed by atoms with Crippen LogP contribution < -0.4 is 0 Å². The third kappa shape index (κ3) is 3.29. The first-order valence-electron chi connectivity index (χ1n) is 13.5. The lowest BCUT2D eigenvalue weighted by molar-refractivity contribution is -0.153. The average molecular weight is 495 g/mol. The zero-order chi connectivity index (χ0) is 25.8. The van der Waals surface area contributed by atoms with Gasteiger partial charge in [0.2, 0.25) is 0 Å². The minimum absolute atomic E-state index is 0.00693. The topological polar surface area (TPSA) is 93.1 Å². The first-order valence-corrected chi connectivity index (χ1v) is 13.5. The zero-order valence-electron chi connectivity index (χ0n) is 21.9. The Balaban J connectivity index is 1.42. The van der Waals surface area contributed by atoms with Gasteiger partial charge in [-0.05, 0) is 87.3 Å². The summed E-state index contributed by atoms with van der Waals surface area (Å²) in [7, 11) is 0. The minimum atomic E-state index is -1.02. The quantitative estimate of drug-likeness (QED) is 0.388. The van der Waals surface area contributed by atoms with Gasteiger partial charge in [-0.25, -0.2) is 9.59 Å². The van der Waals surface area contributed by atoms with E-state index < -0.39 is 17.3 Å². The van der Waals surface area contributed by atoms with Crippen molar-refractivity contribution in [3.8, 4) is 0 Å². The van der Waals surface area contributed by atoms with Gasteiger partial charge >= 0.3 is 11.9 Å². The lowest BCUT2D eigenvalue weighted by Gasteiger charge is -2.51. The number of fused-ring (bicyclic) bond motifs is 6. The number of allylic oxidation sites excluding steroid dienone is 2. The summed E-state index contributed by atoms with van der Waals surface area (Å²) >= 11 is 0. The van der Waals surface area contributed by atoms with Crippen LogP contribution in [0.5, 0.6) is 0 Å². The van der Waals surface area contributed by atoms with Gasteiger partial charge in [-0.1, -0.05) is 31.6 Å². The van der Waals surface area contributed by atoms with E-state index in [1.807, 2.05) is 32.9 Å². The fraction of sp³-hybridized carbons (Fsp3) is 0.667. The van der Waals surface area contributed by atoms with Gasteiger partial charge in [0.1, 0.15) is 11.7 Å². The standard InChI is InChI=1S/C30H38O6/c1-15-10-18-11-19-21-13-30(34)12-17-6-9-24(32)36-28(3,4)20(17)7-8-23(30)29(21,5)14-22(31)25(19)16(2)26(18)35-27(15)33/h6,9-10,12,16,18,20-23,26,31,34H,7-8,11,13-14H2,1-5H3/t16-,18+,20+,21-,22-,23-,26-,29+,30+/m0/s1. The van der Waals surface area contributed by atoms with Gasteiger partial charge in [-0.2, -0.15) is 0 Å². The van der Waals surface area contributed by atoms with E-state index in [0.717, 1.165) is 30.4 Å². The van der Waals surface area contributed by atoms with E-state index in [1.54, 1.807) is 0 Å². The van der Waals surface area contributed by atoms with E-state index in [2.05, 4.69) is 19.9 Å². The molecule has 6 nitrogen and oxygen atoms in total. The van der Waals surface area contributed by atoms with Crippen LogP contribution >= 0.6 is 0 Å². The maximum atomic E-state index is 12.3. The van der Waals surface area contributed by atoms with Gasteiger partial charge in [0.05, 0.1) is 11.7 Å². The van der Waals surface area contributed by atoms with Crippen molar-refractivity contribution in [2.24, 2.45) is 35.0 Å². The van der Waals surface area contributed by atoms with E-state index in [1.165, 1.54) is 11.6 Å². The molecule has 0 radical (unpaired) electrons. The second kappa shape index (κ2) is 7.67. The summed E-state index contributed by atoms with van der Waals surface area (Å²) in [6, 6.07) is 0. The molecule has 6 heteroatoms. The number of carbonyl (C=O) groups is 2. The number of esters is 2. The maximum Gasteiger partial charge on any atom is 0.333 e. The summed E-state index contributed by atoms with van der Waals surface area (Å²) in [4.78, 5) is 24.5. The molecule has 2 aliphatic heterocycles. The smallest absolute Gasteiger partial charge is 0.333 e. The highest BCUT2D eigenvalue weighted by Crippen LogP contribution is 2.66. The molecule has 2 heterocycles. The van der Waals surface area contributed by atoms with Crippen molar-refractivity contribution in [3.63, 3.8) is 0 Å². The van der Waals surface area contributed by atoms with Gasteiger partial charge in [0.15, 0.2) is 0 Å². The molecule has 0 unspecified atom stereocenters. The summed E-state index contributed by atoms with van der Waals surface area (Å²) in [5.74, 6) is -0.402. The fourth-order valence-corrected chi connectivity index (χ4v) is 9.06. The number of hydrogen-bond donors (Lipinski definition) is 2. The Morgan fingerprint density at radius 1 is 1.06 bits per heavy atom. The van der Waals surface area contributed by atoms with Crippen LogP contribution in [0.25, 0.3) is 0 Å². The van der Waals surface area contributed by atoms with Gasteiger partial charge in [-0.15, -0.1) is 0 Å². The molecule has 0 spiro atoms. The van der Waals surface area contributed by atoms with Gasteiger partial charge < -0.3 is 19.7 Å². The molecule has 1 saturated carbocycles. The Kier molecular flexibility index (Phi) is 5.15. The van der Waals surface area contributed by atoms with Crippen LogP contribution in [0.2, 0.25) is 0 Å². The van der Waals surface area contributed by atoms with Crippen LogP contribution in [0.3, 0.4) is 0 Å². The second-order valence-corrected chi connectivity index (χ2v) is 13.0. The molecule has 0 saturated heterocycles. The monoisotopic (exact) mass is 494 g/mol. The number of carbonyl (C=O) groups excluding carboxylic acids is 2. The molecule has 0 aromatic rings. The summed E-state index contributed by atoms with van der Waals surface area (Å²) in [5.41, 5.74) is 1.98. The molecule has 0 bridgehead atoms. The Morgan fingerprint density at radius 2 is 1.81 bits per heavy atom. The van der Waals surface area contributed by atoms with Crippen molar-refractivity contribution < 1.29 is 29.3 Å². The molecule has 1 fully saturated rings. The molecule has 6 aliphatic rings. The molecule has 36 heavy (non-hydrogen) atoms. The Hall–Kier alpha value is -2.18. The maximum absolute atomic E-state index is 12.3. The predicted molar refractivity (Wildman–Crippen MR) is 133 cm³/mol. The first-order chi connectivity index (χ1) is 16.8. The third-order valence-electron chi connectivity index (χ3n) is 10.6. The zero-order valence-corrected chi connectivity index (χ0v) is 21.9. The Morgan fingerprint density at radius 3 is 2.56 bits per heavy atom. The SMILES string of the molecule is CC1=C[C@@H]2CC3=C([C@@H](O)C[C@]4(C)[C@H]3C[C@]3(O)C=C5C=CC(=O)OC(C)(C)[C@@H]5CC[C@@H]43)[C@H](C)[C@@H]2OC1=O. The molecule has 4 aliphatic carbocycles. The normalized spacial score (nSPS) is 47.0. The largest absolute Gasteiger partial charge is 0.458 e. The molecule has 0 aromatic carbocycles. The molecular weight excluding hydrogens is 456 g/mol. The number of ether oxygens (including phenoxy) is 2. The number of hydrogen-bond acceptors (Lipinski definition) is 6. The first kappa shape index (κ1) is 24.2. The number of aliphatic hydroxyl groups excluding tert-OH is 1. The van der Waals surface area contributed by atoms with Crippen LogP contribution in [0.15, 0.2) is 46.6 Å². The van der Waals surface area contributed by atoms with Crippen molar-refractivity contribution in [1.29, 1.82) is 0 Å². The third-order valence-corrected chi connectivity index (χ3v) is 10.6.